The SMILES string of the molecule is COc1ccccc1Nc1nc(=S)[nH]c2c1CNC2. The van der Waals surface area contributed by atoms with Gasteiger partial charge in [0.1, 0.15) is 11.6 Å². The van der Waals surface area contributed by atoms with E-state index in [1.165, 1.54) is 0 Å². The van der Waals surface area contributed by atoms with E-state index in [9.17, 15) is 0 Å². The van der Waals surface area contributed by atoms with Crippen LogP contribution in [0.5, 0.6) is 5.75 Å². The summed E-state index contributed by atoms with van der Waals surface area (Å²) in [5, 5.41) is 6.58. The van der Waals surface area contributed by atoms with Gasteiger partial charge in [-0.3, -0.25) is 0 Å². The first-order chi connectivity index (χ1) is 9.28. The van der Waals surface area contributed by atoms with Gasteiger partial charge in [-0.05, 0) is 24.4 Å². The van der Waals surface area contributed by atoms with Crippen LogP contribution in [0.1, 0.15) is 11.3 Å². The lowest BCUT2D eigenvalue weighted by Crippen LogP contribution is -2.03. The minimum absolute atomic E-state index is 0.486. The van der Waals surface area contributed by atoms with Crippen LogP contribution >= 0.6 is 12.2 Å². The Labute approximate surface area is 116 Å². The molecule has 19 heavy (non-hydrogen) atoms. The Morgan fingerprint density at radius 3 is 3.00 bits per heavy atom. The summed E-state index contributed by atoms with van der Waals surface area (Å²) in [5.41, 5.74) is 3.10. The van der Waals surface area contributed by atoms with E-state index in [4.69, 9.17) is 17.0 Å². The zero-order valence-corrected chi connectivity index (χ0v) is 11.3. The number of para-hydroxylation sites is 2. The Kier molecular flexibility index (Phi) is 3.18. The number of aromatic amines is 1. The number of aromatic nitrogens is 2. The van der Waals surface area contributed by atoms with Gasteiger partial charge in [-0.15, -0.1) is 0 Å². The van der Waals surface area contributed by atoms with Crippen molar-refractivity contribution in [3.05, 3.63) is 40.3 Å². The number of anilines is 2. The summed E-state index contributed by atoms with van der Waals surface area (Å²) >= 11 is 5.15. The molecule has 1 aliphatic heterocycles. The standard InChI is InChI=1S/C13H14N4OS/c1-18-11-5-3-2-4-9(11)15-12-8-6-14-7-10(8)16-13(19)17-12/h2-5,14H,6-7H2,1H3,(H2,15,16,17,19). The molecule has 6 heteroatoms. The molecule has 3 N–H and O–H groups in total. The number of methoxy groups -OCH3 is 1. The normalized spacial score (nSPS) is 13.1. The molecule has 1 aromatic heterocycles. The number of hydrogen-bond donors (Lipinski definition) is 3. The highest BCUT2D eigenvalue weighted by molar-refractivity contribution is 7.71. The largest absolute Gasteiger partial charge is 0.495 e. The quantitative estimate of drug-likeness (QED) is 0.751. The Morgan fingerprint density at radius 2 is 2.16 bits per heavy atom. The van der Waals surface area contributed by atoms with Crippen molar-refractivity contribution in [2.75, 3.05) is 12.4 Å². The number of ether oxygens (including phenoxy) is 1. The van der Waals surface area contributed by atoms with Crippen molar-refractivity contribution in [1.29, 1.82) is 0 Å². The van der Waals surface area contributed by atoms with Gasteiger partial charge >= 0.3 is 0 Å². The molecule has 0 fully saturated rings. The van der Waals surface area contributed by atoms with E-state index in [0.29, 0.717) is 4.77 Å². The van der Waals surface area contributed by atoms with Crippen molar-refractivity contribution in [1.82, 2.24) is 15.3 Å². The molecular weight excluding hydrogens is 260 g/mol. The first kappa shape index (κ1) is 12.1. The third-order valence-electron chi connectivity index (χ3n) is 3.08. The van der Waals surface area contributed by atoms with E-state index in [1.54, 1.807) is 7.11 Å². The minimum Gasteiger partial charge on any atom is -0.495 e. The lowest BCUT2D eigenvalue weighted by atomic mass is 10.2. The predicted molar refractivity (Wildman–Crippen MR) is 76.2 cm³/mol. The second-order valence-corrected chi connectivity index (χ2v) is 4.66. The van der Waals surface area contributed by atoms with Crippen LogP contribution in [0.4, 0.5) is 11.5 Å². The highest BCUT2D eigenvalue weighted by atomic mass is 32.1. The Balaban J connectivity index is 2.02. The van der Waals surface area contributed by atoms with Crippen molar-refractivity contribution < 1.29 is 4.74 Å². The summed E-state index contributed by atoms with van der Waals surface area (Å²) in [6.45, 7) is 1.58. The van der Waals surface area contributed by atoms with Crippen molar-refractivity contribution >= 4 is 23.7 Å². The second kappa shape index (κ2) is 4.99. The molecule has 0 amide bonds. The number of H-pyrrole nitrogens is 1. The van der Waals surface area contributed by atoms with Gasteiger partial charge < -0.3 is 20.4 Å². The maximum atomic E-state index is 5.33. The molecule has 1 aromatic carbocycles. The van der Waals surface area contributed by atoms with Crippen LogP contribution in [-0.4, -0.2) is 17.1 Å². The van der Waals surface area contributed by atoms with Gasteiger partial charge in [0.2, 0.25) is 0 Å². The van der Waals surface area contributed by atoms with Gasteiger partial charge in [-0.25, -0.2) is 4.98 Å². The molecule has 1 aliphatic rings. The van der Waals surface area contributed by atoms with Gasteiger partial charge in [0.15, 0.2) is 4.77 Å². The fourth-order valence-corrected chi connectivity index (χ4v) is 2.39. The summed E-state index contributed by atoms with van der Waals surface area (Å²) in [7, 11) is 1.65. The van der Waals surface area contributed by atoms with E-state index in [-0.39, 0.29) is 0 Å². The second-order valence-electron chi connectivity index (χ2n) is 4.28. The molecule has 0 saturated heterocycles. The van der Waals surface area contributed by atoms with Gasteiger partial charge in [0, 0.05) is 24.3 Å². The van der Waals surface area contributed by atoms with Crippen molar-refractivity contribution in [2.24, 2.45) is 0 Å². The molecule has 0 unspecified atom stereocenters. The van der Waals surface area contributed by atoms with Crippen LogP contribution in [0.2, 0.25) is 0 Å². The fourth-order valence-electron chi connectivity index (χ4n) is 2.18. The molecule has 2 aromatic rings. The molecule has 2 heterocycles. The number of hydrogen-bond acceptors (Lipinski definition) is 5. The van der Waals surface area contributed by atoms with Crippen LogP contribution in [0.25, 0.3) is 0 Å². The molecule has 0 radical (unpaired) electrons. The van der Waals surface area contributed by atoms with Crippen molar-refractivity contribution in [3.8, 4) is 5.75 Å². The van der Waals surface area contributed by atoms with Gasteiger partial charge in [0.05, 0.1) is 12.8 Å². The number of fused-ring (bicyclic) bond motifs is 1. The van der Waals surface area contributed by atoms with E-state index in [1.807, 2.05) is 24.3 Å². The maximum Gasteiger partial charge on any atom is 0.199 e. The zero-order chi connectivity index (χ0) is 13.2. The Morgan fingerprint density at radius 1 is 1.32 bits per heavy atom. The molecule has 0 aliphatic carbocycles. The fraction of sp³-hybridized carbons (Fsp3) is 0.231. The third kappa shape index (κ3) is 2.32. The number of nitrogens with one attached hydrogen (secondary N) is 3. The first-order valence-corrected chi connectivity index (χ1v) is 6.41. The van der Waals surface area contributed by atoms with Crippen molar-refractivity contribution in [2.45, 2.75) is 13.1 Å². The van der Waals surface area contributed by atoms with E-state index in [0.717, 1.165) is 41.6 Å². The summed E-state index contributed by atoms with van der Waals surface area (Å²) in [4.78, 5) is 7.48. The van der Waals surface area contributed by atoms with E-state index in [2.05, 4.69) is 20.6 Å². The third-order valence-corrected chi connectivity index (χ3v) is 3.28. The van der Waals surface area contributed by atoms with Gasteiger partial charge in [-0.1, -0.05) is 12.1 Å². The summed E-state index contributed by atoms with van der Waals surface area (Å²) in [6, 6.07) is 7.74. The first-order valence-electron chi connectivity index (χ1n) is 6.01. The van der Waals surface area contributed by atoms with Gasteiger partial charge in [-0.2, -0.15) is 0 Å². The van der Waals surface area contributed by atoms with Crippen LogP contribution in [0.3, 0.4) is 0 Å². The lowest BCUT2D eigenvalue weighted by molar-refractivity contribution is 0.417. The molecular formula is C13H14N4OS. The predicted octanol–water partition coefficient (Wildman–Crippen LogP) is 2.49. The highest BCUT2D eigenvalue weighted by Crippen LogP contribution is 2.29. The zero-order valence-electron chi connectivity index (χ0n) is 10.5. The monoisotopic (exact) mass is 274 g/mol. The van der Waals surface area contributed by atoms with E-state index < -0.39 is 0 Å². The molecule has 0 bridgehead atoms. The molecule has 5 nitrogen and oxygen atoms in total. The topological polar surface area (TPSA) is 62.0 Å². The number of nitrogens with zero attached hydrogens (tertiary/aromatic N) is 1. The van der Waals surface area contributed by atoms with Crippen LogP contribution in [0, 0.1) is 4.77 Å². The highest BCUT2D eigenvalue weighted by Gasteiger charge is 2.17. The minimum atomic E-state index is 0.486. The molecule has 0 spiro atoms. The summed E-state index contributed by atoms with van der Waals surface area (Å²) < 4.78 is 5.81. The van der Waals surface area contributed by atoms with Crippen LogP contribution in [-0.2, 0) is 13.1 Å². The average Bonchev–Trinajstić information content (AvgIpc) is 2.87. The van der Waals surface area contributed by atoms with E-state index >= 15 is 0 Å². The number of benzene rings is 1. The molecule has 0 atom stereocenters. The Hall–Kier alpha value is -1.92. The molecule has 3 rings (SSSR count). The number of rotatable bonds is 3. The molecule has 0 saturated carbocycles. The average molecular weight is 274 g/mol. The molecule has 98 valence electrons. The smallest absolute Gasteiger partial charge is 0.199 e. The summed E-state index contributed by atoms with van der Waals surface area (Å²) in [6.07, 6.45) is 0. The maximum absolute atomic E-state index is 5.33. The van der Waals surface area contributed by atoms with Gasteiger partial charge in [0.25, 0.3) is 0 Å². The lowest BCUT2D eigenvalue weighted by Gasteiger charge is -2.12. The summed E-state index contributed by atoms with van der Waals surface area (Å²) in [5.74, 6) is 1.57. The van der Waals surface area contributed by atoms with Crippen LogP contribution in [0.15, 0.2) is 24.3 Å². The van der Waals surface area contributed by atoms with Crippen molar-refractivity contribution in [3.63, 3.8) is 0 Å². The van der Waals surface area contributed by atoms with Crippen LogP contribution < -0.4 is 15.4 Å². The Bertz CT molecular complexity index is 668.